The summed E-state index contributed by atoms with van der Waals surface area (Å²) >= 11 is 15.0. The molecule has 0 saturated heterocycles. The summed E-state index contributed by atoms with van der Waals surface area (Å²) in [6, 6.07) is 27.4. The summed E-state index contributed by atoms with van der Waals surface area (Å²) in [5, 5.41) is 2.63. The van der Waals surface area contributed by atoms with Gasteiger partial charge >= 0.3 is 0 Å². The van der Waals surface area contributed by atoms with E-state index in [-0.39, 0.29) is 0 Å². The Hall–Kier alpha value is -2.46. The van der Waals surface area contributed by atoms with Crippen molar-refractivity contribution in [1.82, 2.24) is 9.13 Å². The van der Waals surface area contributed by atoms with Crippen LogP contribution in [-0.2, 0) is 0 Å². The first kappa shape index (κ1) is 24.2. The number of fused-ring (bicyclic) bond motifs is 10. The molecular weight excluding hydrogens is 700 g/mol. The van der Waals surface area contributed by atoms with Gasteiger partial charge in [0, 0.05) is 31.5 Å². The van der Waals surface area contributed by atoms with E-state index in [2.05, 4.69) is 128 Å². The monoisotopic (exact) mass is 716 g/mol. The topological polar surface area (TPSA) is 9.86 Å². The number of benzene rings is 3. The smallest absolute Gasteiger partial charge is 0.0829 e. The Bertz CT molecular complexity index is 2290. The normalized spacial score (nSPS) is 12.5. The minimum Gasteiger partial charge on any atom is -0.307 e. The molecule has 6 heterocycles. The van der Waals surface area contributed by atoms with Gasteiger partial charge in [-0.05, 0) is 94.2 Å². The summed E-state index contributed by atoms with van der Waals surface area (Å²) in [4.78, 5) is 0. The highest BCUT2D eigenvalue weighted by molar-refractivity contribution is 9.11. The molecule has 0 unspecified atom stereocenters. The van der Waals surface area contributed by atoms with Gasteiger partial charge in [-0.3, -0.25) is 0 Å². The lowest BCUT2D eigenvalue weighted by Crippen LogP contribution is -1.95. The zero-order chi connectivity index (χ0) is 26.9. The van der Waals surface area contributed by atoms with Gasteiger partial charge in [0.2, 0.25) is 0 Å². The maximum atomic E-state index is 3.75. The van der Waals surface area contributed by atoms with Crippen molar-refractivity contribution in [2.45, 2.75) is 13.8 Å². The first-order valence-electron chi connectivity index (χ1n) is 12.8. The van der Waals surface area contributed by atoms with Crippen LogP contribution in [-0.4, -0.2) is 9.13 Å². The fourth-order valence-electron chi connectivity index (χ4n) is 5.94. The fourth-order valence-corrected chi connectivity index (χ4v) is 12.4. The SMILES string of the molecule is Cc1ccc(-n2c3cc4c5sc6cc(Br)sc6c5n(-c5ccc(C)cc5)c4cc3c3sc4cc(Br)sc4c32)cc1. The summed E-state index contributed by atoms with van der Waals surface area (Å²) < 4.78 is 15.4. The fraction of sp³-hybridized carbons (Fsp3) is 0.0625. The van der Waals surface area contributed by atoms with Crippen molar-refractivity contribution in [2.24, 2.45) is 0 Å². The molecule has 0 bridgehead atoms. The molecule has 0 fully saturated rings. The minimum atomic E-state index is 1.18. The van der Waals surface area contributed by atoms with E-state index in [4.69, 9.17) is 0 Å². The highest BCUT2D eigenvalue weighted by Crippen LogP contribution is 2.51. The Morgan fingerprint density at radius 1 is 0.500 bits per heavy atom. The largest absolute Gasteiger partial charge is 0.307 e. The average Bonchev–Trinajstić information content (AvgIpc) is 3.74. The molecule has 2 nitrogen and oxygen atoms in total. The lowest BCUT2D eigenvalue weighted by Gasteiger charge is -2.10. The highest BCUT2D eigenvalue weighted by Gasteiger charge is 2.24. The maximum absolute atomic E-state index is 3.75. The second kappa shape index (κ2) is 8.53. The van der Waals surface area contributed by atoms with Gasteiger partial charge in [0.1, 0.15) is 0 Å². The number of aryl methyl sites for hydroxylation is 2. The summed E-state index contributed by atoms with van der Waals surface area (Å²) in [5.74, 6) is 0. The standard InChI is InChI=1S/C32H18Br2N2S4/c1-15-3-7-17(8-4-15)35-21-11-20-22(12-19(21)29-27(35)31-23(37-29)13-25(33)39-31)36(18-9-5-16(2)6-10-18)28-30(20)38-24-14-26(34)40-32(24)28/h3-14H,1-2H3. The molecular formula is C32H18Br2N2S4. The number of thiophene rings is 4. The average molecular weight is 719 g/mol. The quantitative estimate of drug-likeness (QED) is 0.168. The number of nitrogens with zero attached hydrogens (tertiary/aromatic N) is 2. The van der Waals surface area contributed by atoms with Crippen molar-refractivity contribution in [3.8, 4) is 11.4 Å². The van der Waals surface area contributed by atoms with Crippen molar-refractivity contribution in [3.05, 3.63) is 91.5 Å². The first-order chi connectivity index (χ1) is 19.4. The molecule has 3 aromatic carbocycles. The Morgan fingerprint density at radius 3 is 1.30 bits per heavy atom. The van der Waals surface area contributed by atoms with Crippen LogP contribution in [0.1, 0.15) is 11.1 Å². The van der Waals surface area contributed by atoms with Crippen molar-refractivity contribution in [1.29, 1.82) is 0 Å². The number of hydrogen-bond acceptors (Lipinski definition) is 4. The van der Waals surface area contributed by atoms with Crippen molar-refractivity contribution in [3.63, 3.8) is 0 Å². The Labute approximate surface area is 262 Å². The van der Waals surface area contributed by atoms with E-state index in [1.54, 1.807) is 0 Å². The Kier molecular flexibility index (Phi) is 5.16. The number of aromatic nitrogens is 2. The van der Waals surface area contributed by atoms with Crippen molar-refractivity contribution in [2.75, 3.05) is 0 Å². The Balaban J connectivity index is 1.50. The molecule has 0 aliphatic heterocycles. The molecule has 9 aromatic rings. The third-order valence-corrected chi connectivity index (χ3v) is 13.6. The van der Waals surface area contributed by atoms with Gasteiger partial charge in [-0.1, -0.05) is 35.4 Å². The summed E-state index contributed by atoms with van der Waals surface area (Å²) in [6.45, 7) is 4.31. The third-order valence-electron chi connectivity index (χ3n) is 7.74. The van der Waals surface area contributed by atoms with E-state index >= 15 is 0 Å². The zero-order valence-electron chi connectivity index (χ0n) is 21.2. The zero-order valence-corrected chi connectivity index (χ0v) is 27.6. The number of hydrogen-bond donors (Lipinski definition) is 0. The molecule has 0 N–H and O–H groups in total. The molecule has 0 saturated carbocycles. The summed E-state index contributed by atoms with van der Waals surface area (Å²) in [7, 11) is 0. The molecule has 0 aliphatic carbocycles. The van der Waals surface area contributed by atoms with E-state index < -0.39 is 0 Å². The van der Waals surface area contributed by atoms with E-state index in [1.165, 1.54) is 91.1 Å². The number of halogens is 2. The predicted molar refractivity (Wildman–Crippen MR) is 187 cm³/mol. The molecule has 0 aliphatic rings. The molecule has 40 heavy (non-hydrogen) atoms. The van der Waals surface area contributed by atoms with Crippen LogP contribution in [0.3, 0.4) is 0 Å². The second-order valence-corrected chi connectivity index (χ2v) is 17.2. The second-order valence-electron chi connectivity index (χ2n) is 10.3. The van der Waals surface area contributed by atoms with Crippen LogP contribution in [0.25, 0.3) is 72.4 Å². The van der Waals surface area contributed by atoms with E-state index in [0.29, 0.717) is 0 Å². The maximum Gasteiger partial charge on any atom is 0.0829 e. The van der Waals surface area contributed by atoms with Crippen LogP contribution < -0.4 is 0 Å². The van der Waals surface area contributed by atoms with E-state index in [1.807, 2.05) is 45.3 Å². The van der Waals surface area contributed by atoms with Crippen LogP contribution in [0.15, 0.2) is 80.4 Å². The van der Waals surface area contributed by atoms with Gasteiger partial charge in [-0.15, -0.1) is 45.3 Å². The molecule has 0 radical (unpaired) electrons. The lowest BCUT2D eigenvalue weighted by molar-refractivity contribution is 1.18. The first-order valence-corrected chi connectivity index (χ1v) is 17.7. The van der Waals surface area contributed by atoms with Crippen LogP contribution in [0, 0.1) is 13.8 Å². The van der Waals surface area contributed by atoms with E-state index in [9.17, 15) is 0 Å². The number of rotatable bonds is 2. The van der Waals surface area contributed by atoms with Gasteiger partial charge in [-0.25, -0.2) is 0 Å². The van der Waals surface area contributed by atoms with Gasteiger partial charge in [-0.2, -0.15) is 0 Å². The minimum absolute atomic E-state index is 1.18. The summed E-state index contributed by atoms with van der Waals surface area (Å²) in [5.41, 5.74) is 10.1. The molecule has 0 amide bonds. The summed E-state index contributed by atoms with van der Waals surface area (Å²) in [6.07, 6.45) is 0. The molecule has 8 heteroatoms. The highest BCUT2D eigenvalue weighted by atomic mass is 79.9. The lowest BCUT2D eigenvalue weighted by atomic mass is 10.1. The van der Waals surface area contributed by atoms with Crippen LogP contribution in [0.4, 0.5) is 0 Å². The van der Waals surface area contributed by atoms with Gasteiger partial charge in [0.15, 0.2) is 0 Å². The van der Waals surface area contributed by atoms with Gasteiger partial charge in [0.05, 0.1) is 48.4 Å². The van der Waals surface area contributed by atoms with Crippen LogP contribution >= 0.6 is 77.2 Å². The molecule has 0 atom stereocenters. The molecule has 6 aromatic heterocycles. The predicted octanol–water partition coefficient (Wildman–Crippen LogP) is 12.6. The molecule has 0 spiro atoms. The van der Waals surface area contributed by atoms with Gasteiger partial charge in [0.25, 0.3) is 0 Å². The molecule has 9 rings (SSSR count). The van der Waals surface area contributed by atoms with E-state index in [0.717, 1.165) is 0 Å². The Morgan fingerprint density at radius 2 is 0.900 bits per heavy atom. The van der Waals surface area contributed by atoms with Crippen molar-refractivity contribution < 1.29 is 0 Å². The third kappa shape index (κ3) is 3.29. The molecule has 194 valence electrons. The van der Waals surface area contributed by atoms with Crippen LogP contribution in [0.2, 0.25) is 0 Å². The van der Waals surface area contributed by atoms with Crippen LogP contribution in [0.5, 0.6) is 0 Å². The van der Waals surface area contributed by atoms with Crippen molar-refractivity contribution >= 4 is 138 Å². The van der Waals surface area contributed by atoms with Gasteiger partial charge < -0.3 is 9.13 Å².